The van der Waals surface area contributed by atoms with Crippen LogP contribution in [0.25, 0.3) is 5.65 Å². The van der Waals surface area contributed by atoms with E-state index in [2.05, 4.69) is 37.7 Å². The number of carbonyl (C=O) groups is 1. The first-order chi connectivity index (χ1) is 16.1. The molecule has 3 atom stereocenters. The highest BCUT2D eigenvalue weighted by molar-refractivity contribution is 5.67. The smallest absolute Gasteiger partial charge is 0.407 e. The molecule has 3 aromatic rings. The number of fused-ring (bicyclic) bond motifs is 1. The Bertz CT molecular complexity index is 1070. The third kappa shape index (κ3) is 5.41. The number of halogens is 1. The summed E-state index contributed by atoms with van der Waals surface area (Å²) in [6.45, 7) is 3.03. The Morgan fingerprint density at radius 1 is 1.36 bits per heavy atom. The van der Waals surface area contributed by atoms with E-state index in [4.69, 9.17) is 9.47 Å². The lowest BCUT2D eigenvalue weighted by Crippen LogP contribution is -2.33. The topological polar surface area (TPSA) is 118 Å². The number of hydrogen-bond acceptors (Lipinski definition) is 7. The number of nitrogens with zero attached hydrogens (tertiary/aromatic N) is 4. The molecular formula is C22H30FN7O3. The van der Waals surface area contributed by atoms with Crippen LogP contribution in [0.5, 0.6) is 0 Å². The second kappa shape index (κ2) is 10.6. The Morgan fingerprint density at radius 2 is 2.24 bits per heavy atom. The maximum Gasteiger partial charge on any atom is 0.407 e. The van der Waals surface area contributed by atoms with Crippen LogP contribution in [0.4, 0.5) is 21.0 Å². The van der Waals surface area contributed by atoms with Crippen LogP contribution in [0, 0.1) is 0 Å². The Morgan fingerprint density at radius 3 is 3.06 bits per heavy atom. The molecule has 11 heteroatoms. The summed E-state index contributed by atoms with van der Waals surface area (Å²) in [5.41, 5.74) is 2.16. The predicted octanol–water partition coefficient (Wildman–Crippen LogP) is 3.84. The summed E-state index contributed by atoms with van der Waals surface area (Å²) >= 11 is 0. The van der Waals surface area contributed by atoms with Crippen LogP contribution >= 0.6 is 0 Å². The number of imidazole rings is 1. The SMILES string of the molecule is CCCCCNC(=O)O[C@H]1CC[C@@H](c2cc(Nc3nccc4nc(COC)cn34)n[nH]2)[C@@H]1F. The maximum absolute atomic E-state index is 15.1. The van der Waals surface area contributed by atoms with Crippen LogP contribution in [-0.4, -0.2) is 56.6 Å². The fraction of sp³-hybridized carbons (Fsp3) is 0.545. The largest absolute Gasteiger partial charge is 0.443 e. The minimum atomic E-state index is -1.30. The lowest BCUT2D eigenvalue weighted by Gasteiger charge is -2.17. The Labute approximate surface area is 191 Å². The van der Waals surface area contributed by atoms with E-state index < -0.39 is 24.3 Å². The predicted molar refractivity (Wildman–Crippen MR) is 120 cm³/mol. The number of anilines is 2. The van der Waals surface area contributed by atoms with Crippen molar-refractivity contribution < 1.29 is 18.7 Å². The third-order valence-corrected chi connectivity index (χ3v) is 5.77. The fourth-order valence-corrected chi connectivity index (χ4v) is 4.10. The number of alkyl carbamates (subject to hydrolysis) is 1. The molecule has 1 amide bonds. The number of amides is 1. The molecule has 0 aromatic carbocycles. The molecule has 10 nitrogen and oxygen atoms in total. The van der Waals surface area contributed by atoms with Gasteiger partial charge >= 0.3 is 6.09 Å². The van der Waals surface area contributed by atoms with E-state index in [1.807, 2.05) is 6.20 Å². The van der Waals surface area contributed by atoms with E-state index in [0.717, 1.165) is 30.6 Å². The van der Waals surface area contributed by atoms with Gasteiger partial charge in [0, 0.05) is 43.7 Å². The number of carbonyl (C=O) groups excluding carboxylic acids is 1. The molecular weight excluding hydrogens is 429 g/mol. The molecule has 1 saturated carbocycles. The van der Waals surface area contributed by atoms with Gasteiger partial charge in [0.25, 0.3) is 0 Å². The number of unbranched alkanes of at least 4 members (excludes halogenated alkanes) is 2. The number of methoxy groups -OCH3 is 1. The van der Waals surface area contributed by atoms with E-state index in [0.29, 0.717) is 43.5 Å². The van der Waals surface area contributed by atoms with Gasteiger partial charge in [0.05, 0.1) is 12.3 Å². The summed E-state index contributed by atoms with van der Waals surface area (Å²) in [6.07, 6.45) is 4.89. The first-order valence-electron chi connectivity index (χ1n) is 11.3. The molecule has 0 saturated heterocycles. The van der Waals surface area contributed by atoms with Gasteiger partial charge in [0.2, 0.25) is 5.95 Å². The molecule has 3 heterocycles. The molecule has 0 unspecified atom stereocenters. The minimum Gasteiger partial charge on any atom is -0.443 e. The van der Waals surface area contributed by atoms with Crippen molar-refractivity contribution in [1.82, 2.24) is 29.9 Å². The normalized spacial score (nSPS) is 20.3. The first-order valence-corrected chi connectivity index (χ1v) is 11.3. The van der Waals surface area contributed by atoms with Gasteiger partial charge < -0.3 is 20.1 Å². The van der Waals surface area contributed by atoms with Crippen molar-refractivity contribution in [2.45, 2.75) is 63.8 Å². The number of rotatable bonds is 10. The van der Waals surface area contributed by atoms with E-state index in [1.165, 1.54) is 0 Å². The van der Waals surface area contributed by atoms with Gasteiger partial charge in [-0.05, 0) is 25.3 Å². The molecule has 0 spiro atoms. The lowest BCUT2D eigenvalue weighted by molar-refractivity contribution is 0.0568. The van der Waals surface area contributed by atoms with Crippen molar-refractivity contribution in [1.29, 1.82) is 0 Å². The second-order valence-electron chi connectivity index (χ2n) is 8.20. The Balaban J connectivity index is 1.37. The molecule has 178 valence electrons. The van der Waals surface area contributed by atoms with Gasteiger partial charge in [-0.15, -0.1) is 0 Å². The molecule has 1 aliphatic carbocycles. The van der Waals surface area contributed by atoms with Crippen molar-refractivity contribution in [2.24, 2.45) is 0 Å². The molecule has 33 heavy (non-hydrogen) atoms. The number of aromatic nitrogens is 5. The zero-order valence-corrected chi connectivity index (χ0v) is 18.9. The number of H-pyrrole nitrogens is 1. The van der Waals surface area contributed by atoms with Gasteiger partial charge in [-0.3, -0.25) is 9.50 Å². The Hall–Kier alpha value is -3.21. The van der Waals surface area contributed by atoms with E-state index in [9.17, 15) is 4.79 Å². The number of aromatic amines is 1. The number of alkyl halides is 1. The molecule has 0 aliphatic heterocycles. The summed E-state index contributed by atoms with van der Waals surface area (Å²) in [5, 5.41) is 13.0. The Kier molecular flexibility index (Phi) is 7.38. The van der Waals surface area contributed by atoms with Gasteiger partial charge in [-0.25, -0.2) is 19.2 Å². The van der Waals surface area contributed by atoms with E-state index in [1.54, 1.807) is 29.8 Å². The zero-order valence-electron chi connectivity index (χ0n) is 18.9. The van der Waals surface area contributed by atoms with E-state index >= 15 is 4.39 Å². The summed E-state index contributed by atoms with van der Waals surface area (Å²) in [4.78, 5) is 20.8. The van der Waals surface area contributed by atoms with Crippen molar-refractivity contribution in [2.75, 3.05) is 19.0 Å². The van der Waals surface area contributed by atoms with Crippen LogP contribution in [0.3, 0.4) is 0 Å². The van der Waals surface area contributed by atoms with Gasteiger partial charge in [0.15, 0.2) is 5.82 Å². The van der Waals surface area contributed by atoms with Crippen LogP contribution in [-0.2, 0) is 16.1 Å². The third-order valence-electron chi connectivity index (χ3n) is 5.77. The van der Waals surface area contributed by atoms with E-state index in [-0.39, 0.29) is 0 Å². The van der Waals surface area contributed by atoms with Crippen molar-refractivity contribution in [3.8, 4) is 0 Å². The highest BCUT2D eigenvalue weighted by atomic mass is 19.1. The highest BCUT2D eigenvalue weighted by Gasteiger charge is 2.40. The number of nitrogens with one attached hydrogen (secondary N) is 3. The molecule has 0 bridgehead atoms. The molecule has 3 N–H and O–H groups in total. The molecule has 1 fully saturated rings. The van der Waals surface area contributed by atoms with Crippen molar-refractivity contribution in [3.05, 3.63) is 35.9 Å². The van der Waals surface area contributed by atoms with Gasteiger partial charge in [-0.1, -0.05) is 19.8 Å². The van der Waals surface area contributed by atoms with Crippen LogP contribution in [0.15, 0.2) is 24.5 Å². The average molecular weight is 460 g/mol. The molecule has 1 aliphatic rings. The summed E-state index contributed by atoms with van der Waals surface area (Å²) in [7, 11) is 1.61. The number of hydrogen-bond donors (Lipinski definition) is 3. The van der Waals surface area contributed by atoms with Crippen molar-refractivity contribution >= 4 is 23.5 Å². The lowest BCUT2D eigenvalue weighted by atomic mass is 10.0. The summed E-state index contributed by atoms with van der Waals surface area (Å²) < 4.78 is 27.3. The molecule has 4 rings (SSSR count). The standard InChI is InChI=1S/C22H30FN7O3/c1-3-4-5-9-25-22(31)33-17-7-6-15(20(17)23)16-11-18(29-28-16)27-21-24-10-8-19-26-14(13-32-2)12-30(19)21/h8,10-12,15,17,20H,3-7,9,13H2,1-2H3,(H,25,31)(H2,24,27,28,29)/t15-,17-,20-/m0/s1. The highest BCUT2D eigenvalue weighted by Crippen LogP contribution is 2.38. The first kappa shape index (κ1) is 23.0. The summed E-state index contributed by atoms with van der Waals surface area (Å²) in [5.74, 6) is 0.623. The molecule has 0 radical (unpaired) electrons. The van der Waals surface area contributed by atoms with Gasteiger partial charge in [-0.2, -0.15) is 5.10 Å². The second-order valence-corrected chi connectivity index (χ2v) is 8.20. The van der Waals surface area contributed by atoms with Crippen LogP contribution in [0.2, 0.25) is 0 Å². The minimum absolute atomic E-state index is 0.396. The van der Waals surface area contributed by atoms with Crippen LogP contribution in [0.1, 0.15) is 56.3 Å². The van der Waals surface area contributed by atoms with Gasteiger partial charge in [0.1, 0.15) is 17.9 Å². The quantitative estimate of drug-likeness (QED) is 0.394. The van der Waals surface area contributed by atoms with Crippen LogP contribution < -0.4 is 10.6 Å². The average Bonchev–Trinajstić information content (AvgIpc) is 3.51. The zero-order chi connectivity index (χ0) is 23.2. The summed E-state index contributed by atoms with van der Waals surface area (Å²) in [6, 6.07) is 3.56. The molecule has 3 aromatic heterocycles. The van der Waals surface area contributed by atoms with Crippen molar-refractivity contribution in [3.63, 3.8) is 0 Å². The maximum atomic E-state index is 15.1. The monoisotopic (exact) mass is 459 g/mol. The fourth-order valence-electron chi connectivity index (χ4n) is 4.10. The number of ether oxygens (including phenoxy) is 2.